The van der Waals surface area contributed by atoms with Crippen molar-refractivity contribution in [3.8, 4) is 0 Å². The molecule has 0 spiro atoms. The first-order valence-electron chi connectivity index (χ1n) is 9.34. The quantitative estimate of drug-likeness (QED) is 0.297. The van der Waals surface area contributed by atoms with Crippen LogP contribution in [0.5, 0.6) is 0 Å². The van der Waals surface area contributed by atoms with Crippen LogP contribution in [0.1, 0.15) is 49.4 Å². The molecule has 1 heterocycles. The summed E-state index contributed by atoms with van der Waals surface area (Å²) >= 11 is 0. The van der Waals surface area contributed by atoms with Gasteiger partial charge in [-0.05, 0) is 63.3 Å². The highest BCUT2D eigenvalue weighted by Crippen LogP contribution is 2.31. The zero-order valence-electron chi connectivity index (χ0n) is 15.8. The average Bonchev–Trinajstić information content (AvgIpc) is 2.69. The molecule has 8 heteroatoms. The maximum absolute atomic E-state index is 11.6. The fraction of sp³-hybridized carbons (Fsp3) is 0.350. The van der Waals surface area contributed by atoms with E-state index in [-0.39, 0.29) is 23.1 Å². The molecule has 1 aromatic heterocycles. The van der Waals surface area contributed by atoms with Crippen LogP contribution in [0.15, 0.2) is 42.2 Å². The minimum absolute atomic E-state index is 0.0425. The van der Waals surface area contributed by atoms with Gasteiger partial charge in [-0.15, -0.1) is 0 Å². The van der Waals surface area contributed by atoms with Crippen LogP contribution in [-0.2, 0) is 0 Å². The SMILES string of the molecule is CC(=O)c1ccc(Nc2ncnc(NCCC3=CCCCC3)c2[N+](=O)[O-])cc1. The van der Waals surface area contributed by atoms with Gasteiger partial charge in [0.25, 0.3) is 0 Å². The summed E-state index contributed by atoms with van der Waals surface area (Å²) in [5, 5.41) is 17.6. The lowest BCUT2D eigenvalue weighted by molar-refractivity contribution is -0.383. The number of Topliss-reactive ketones (excluding diaryl/α,β-unsaturated/α-hetero) is 1. The van der Waals surface area contributed by atoms with Crippen LogP contribution in [0.4, 0.5) is 23.0 Å². The van der Waals surface area contributed by atoms with Gasteiger partial charge in [-0.2, -0.15) is 0 Å². The second-order valence-electron chi connectivity index (χ2n) is 6.72. The van der Waals surface area contributed by atoms with Gasteiger partial charge >= 0.3 is 5.69 Å². The second-order valence-corrected chi connectivity index (χ2v) is 6.72. The van der Waals surface area contributed by atoms with Gasteiger partial charge in [0.2, 0.25) is 11.6 Å². The molecule has 1 aliphatic carbocycles. The number of aromatic nitrogens is 2. The standard InChI is InChI=1S/C20H23N5O3/c1-14(26)16-7-9-17(10-8-16)24-20-18(25(27)28)19(22-13-23-20)21-12-11-15-5-3-2-4-6-15/h5,7-10,13H,2-4,6,11-12H2,1H3,(H2,21,22,23,24). The van der Waals surface area contributed by atoms with E-state index in [9.17, 15) is 14.9 Å². The Bertz CT molecular complexity index is 893. The normalized spacial score (nSPS) is 13.5. The summed E-state index contributed by atoms with van der Waals surface area (Å²) in [6, 6.07) is 6.69. The molecule has 3 rings (SSSR count). The van der Waals surface area contributed by atoms with Crippen LogP contribution >= 0.6 is 0 Å². The van der Waals surface area contributed by atoms with Gasteiger partial charge in [0, 0.05) is 17.8 Å². The molecule has 0 unspecified atom stereocenters. The molecule has 8 nitrogen and oxygen atoms in total. The molecule has 2 aromatic rings. The van der Waals surface area contributed by atoms with Crippen molar-refractivity contribution in [3.05, 3.63) is 57.9 Å². The molecule has 0 radical (unpaired) electrons. The van der Waals surface area contributed by atoms with Crippen molar-refractivity contribution in [2.45, 2.75) is 39.0 Å². The summed E-state index contributed by atoms with van der Waals surface area (Å²) in [5.74, 6) is 0.258. The summed E-state index contributed by atoms with van der Waals surface area (Å²) in [4.78, 5) is 30.6. The smallest absolute Gasteiger partial charge is 0.353 e. The van der Waals surface area contributed by atoms with Crippen LogP contribution in [-0.4, -0.2) is 27.2 Å². The van der Waals surface area contributed by atoms with Gasteiger partial charge in [0.15, 0.2) is 5.78 Å². The van der Waals surface area contributed by atoms with Crippen LogP contribution in [0.3, 0.4) is 0 Å². The second kappa shape index (κ2) is 9.07. The summed E-state index contributed by atoms with van der Waals surface area (Å²) in [5.41, 5.74) is 2.36. The molecule has 0 saturated carbocycles. The molecule has 0 fully saturated rings. The molecule has 1 aromatic carbocycles. The number of carbonyl (C=O) groups excluding carboxylic acids is 1. The van der Waals surface area contributed by atoms with Gasteiger partial charge < -0.3 is 10.6 Å². The Morgan fingerprint density at radius 3 is 2.57 bits per heavy atom. The third-order valence-electron chi connectivity index (χ3n) is 4.68. The van der Waals surface area contributed by atoms with Gasteiger partial charge in [0.05, 0.1) is 4.92 Å². The van der Waals surface area contributed by atoms with Crippen molar-refractivity contribution < 1.29 is 9.72 Å². The zero-order chi connectivity index (χ0) is 19.9. The maximum Gasteiger partial charge on any atom is 0.353 e. The zero-order valence-corrected chi connectivity index (χ0v) is 15.8. The lowest BCUT2D eigenvalue weighted by Gasteiger charge is -2.14. The minimum Gasteiger partial charge on any atom is -0.364 e. The highest BCUT2D eigenvalue weighted by atomic mass is 16.6. The summed E-state index contributed by atoms with van der Waals surface area (Å²) < 4.78 is 0. The summed E-state index contributed by atoms with van der Waals surface area (Å²) in [6.07, 6.45) is 9.04. The van der Waals surface area contributed by atoms with Crippen molar-refractivity contribution in [1.82, 2.24) is 9.97 Å². The largest absolute Gasteiger partial charge is 0.364 e. The van der Waals surface area contributed by atoms with E-state index < -0.39 is 4.92 Å². The molecule has 146 valence electrons. The Balaban J connectivity index is 1.74. The number of allylic oxidation sites excluding steroid dienone is 1. The molecule has 1 aliphatic rings. The van der Waals surface area contributed by atoms with E-state index in [1.807, 2.05) is 0 Å². The average molecular weight is 381 g/mol. The fourth-order valence-electron chi connectivity index (χ4n) is 3.17. The maximum atomic E-state index is 11.6. The number of hydrogen-bond donors (Lipinski definition) is 2. The molecule has 0 atom stereocenters. The van der Waals surface area contributed by atoms with E-state index in [2.05, 4.69) is 26.7 Å². The van der Waals surface area contributed by atoms with Gasteiger partial charge in [-0.3, -0.25) is 14.9 Å². The van der Waals surface area contributed by atoms with Crippen molar-refractivity contribution in [2.75, 3.05) is 17.2 Å². The molecule has 0 saturated heterocycles. The number of hydrogen-bond acceptors (Lipinski definition) is 7. The monoisotopic (exact) mass is 381 g/mol. The lowest BCUT2D eigenvalue weighted by atomic mass is 9.97. The van der Waals surface area contributed by atoms with Gasteiger partial charge in [-0.1, -0.05) is 11.6 Å². The van der Waals surface area contributed by atoms with Crippen LogP contribution in [0, 0.1) is 10.1 Å². The minimum atomic E-state index is -0.492. The van der Waals surface area contributed by atoms with E-state index >= 15 is 0 Å². The Hall–Kier alpha value is -3.29. The first-order valence-corrected chi connectivity index (χ1v) is 9.34. The first-order chi connectivity index (χ1) is 13.5. The van der Waals surface area contributed by atoms with Gasteiger partial charge in [0.1, 0.15) is 6.33 Å². The van der Waals surface area contributed by atoms with Crippen molar-refractivity contribution in [1.29, 1.82) is 0 Å². The Morgan fingerprint density at radius 2 is 1.93 bits per heavy atom. The van der Waals surface area contributed by atoms with Crippen molar-refractivity contribution in [2.24, 2.45) is 0 Å². The highest BCUT2D eigenvalue weighted by molar-refractivity contribution is 5.94. The fourth-order valence-corrected chi connectivity index (χ4v) is 3.17. The van der Waals surface area contributed by atoms with Crippen LogP contribution in [0.2, 0.25) is 0 Å². The highest BCUT2D eigenvalue weighted by Gasteiger charge is 2.23. The molecule has 0 aliphatic heterocycles. The molecule has 28 heavy (non-hydrogen) atoms. The molecular weight excluding hydrogens is 358 g/mol. The Labute approximate surface area is 163 Å². The van der Waals surface area contributed by atoms with Gasteiger partial charge in [-0.25, -0.2) is 9.97 Å². The summed E-state index contributed by atoms with van der Waals surface area (Å²) in [6.45, 7) is 2.06. The number of rotatable bonds is 8. The third-order valence-corrected chi connectivity index (χ3v) is 4.68. The van der Waals surface area contributed by atoms with E-state index in [1.165, 1.54) is 31.7 Å². The van der Waals surface area contributed by atoms with E-state index in [1.54, 1.807) is 24.3 Å². The molecule has 0 bridgehead atoms. The molecule has 2 N–H and O–H groups in total. The van der Waals surface area contributed by atoms with E-state index in [0.29, 0.717) is 17.8 Å². The van der Waals surface area contributed by atoms with Crippen LogP contribution in [0.25, 0.3) is 0 Å². The number of nitrogens with zero attached hydrogens (tertiary/aromatic N) is 3. The predicted molar refractivity (Wildman–Crippen MR) is 108 cm³/mol. The number of benzene rings is 1. The van der Waals surface area contributed by atoms with Crippen molar-refractivity contribution in [3.63, 3.8) is 0 Å². The number of ketones is 1. The number of anilines is 3. The van der Waals surface area contributed by atoms with E-state index in [0.717, 1.165) is 19.3 Å². The van der Waals surface area contributed by atoms with E-state index in [4.69, 9.17) is 0 Å². The number of nitrogens with one attached hydrogen (secondary N) is 2. The lowest BCUT2D eigenvalue weighted by Crippen LogP contribution is -2.10. The topological polar surface area (TPSA) is 110 Å². The number of nitro groups is 1. The number of carbonyl (C=O) groups is 1. The molecule has 0 amide bonds. The first kappa shape index (κ1) is 19.5. The Kier molecular flexibility index (Phi) is 6.31. The Morgan fingerprint density at radius 1 is 1.18 bits per heavy atom. The van der Waals surface area contributed by atoms with Crippen LogP contribution < -0.4 is 10.6 Å². The third kappa shape index (κ3) is 4.91. The summed E-state index contributed by atoms with van der Waals surface area (Å²) in [7, 11) is 0. The predicted octanol–water partition coefficient (Wildman–Crippen LogP) is 4.63. The molecular formula is C20H23N5O3. The van der Waals surface area contributed by atoms with Crippen molar-refractivity contribution >= 4 is 28.8 Å².